The largest absolute Gasteiger partial charge is 0.452 e. The Hall–Kier alpha value is -1.82. The lowest BCUT2D eigenvalue weighted by Gasteiger charge is -2.07. The Labute approximate surface area is 103 Å². The van der Waals surface area contributed by atoms with Gasteiger partial charge >= 0.3 is 5.88 Å². The highest BCUT2D eigenvalue weighted by Crippen LogP contribution is 2.17. The van der Waals surface area contributed by atoms with E-state index in [0.29, 0.717) is 17.3 Å². The van der Waals surface area contributed by atoms with E-state index < -0.39 is 4.92 Å². The molecule has 1 N–H and O–H groups in total. The van der Waals surface area contributed by atoms with E-state index in [0.717, 1.165) is 0 Å². The van der Waals surface area contributed by atoms with Crippen LogP contribution in [0.25, 0.3) is 0 Å². The molecular weight excluding hydrogens is 246 g/mol. The van der Waals surface area contributed by atoms with E-state index >= 15 is 0 Å². The van der Waals surface area contributed by atoms with Crippen LogP contribution in [0.2, 0.25) is 5.15 Å². The predicted octanol–water partition coefficient (Wildman–Crippen LogP) is 2.19. The molecule has 0 amide bonds. The zero-order valence-electron chi connectivity index (χ0n) is 9.44. The van der Waals surface area contributed by atoms with Crippen molar-refractivity contribution < 1.29 is 9.66 Å². The van der Waals surface area contributed by atoms with Crippen molar-refractivity contribution >= 4 is 11.6 Å². The minimum atomic E-state index is -0.579. The Bertz CT molecular complexity index is 425. The molecule has 0 radical (unpaired) electrons. The SMILES string of the molecule is CCC(NC)=C(Oc1ccc(Cl)nc1)[N+](=O)[O-]. The summed E-state index contributed by atoms with van der Waals surface area (Å²) in [5.41, 5.74) is 0.407. The molecule has 0 saturated heterocycles. The van der Waals surface area contributed by atoms with Crippen LogP contribution in [0.3, 0.4) is 0 Å². The van der Waals surface area contributed by atoms with Gasteiger partial charge in [-0.25, -0.2) is 4.98 Å². The highest BCUT2D eigenvalue weighted by atomic mass is 35.5. The Morgan fingerprint density at radius 3 is 2.76 bits per heavy atom. The smallest absolute Gasteiger partial charge is 0.398 e. The summed E-state index contributed by atoms with van der Waals surface area (Å²) >= 11 is 5.60. The molecule has 7 heteroatoms. The molecule has 0 aliphatic heterocycles. The Morgan fingerprint density at radius 2 is 2.35 bits per heavy atom. The van der Waals surface area contributed by atoms with Crippen LogP contribution in [0.15, 0.2) is 29.9 Å². The molecule has 92 valence electrons. The summed E-state index contributed by atoms with van der Waals surface area (Å²) < 4.78 is 5.17. The molecule has 0 aliphatic carbocycles. The minimum Gasteiger partial charge on any atom is -0.398 e. The molecule has 0 bridgehead atoms. The fourth-order valence-electron chi connectivity index (χ4n) is 1.18. The molecule has 1 aromatic heterocycles. The van der Waals surface area contributed by atoms with Crippen molar-refractivity contribution in [3.63, 3.8) is 0 Å². The number of nitro groups is 1. The van der Waals surface area contributed by atoms with Gasteiger partial charge in [0.05, 0.1) is 6.20 Å². The highest BCUT2D eigenvalue weighted by molar-refractivity contribution is 6.29. The van der Waals surface area contributed by atoms with Gasteiger partial charge in [0.2, 0.25) is 0 Å². The topological polar surface area (TPSA) is 77.3 Å². The van der Waals surface area contributed by atoms with E-state index in [2.05, 4.69) is 10.3 Å². The number of hydrogen-bond donors (Lipinski definition) is 1. The van der Waals surface area contributed by atoms with Gasteiger partial charge in [0, 0.05) is 7.05 Å². The lowest BCUT2D eigenvalue weighted by molar-refractivity contribution is -0.455. The lowest BCUT2D eigenvalue weighted by Crippen LogP contribution is -2.17. The standard InChI is InChI=1S/C10H12ClN3O3/c1-3-8(12-2)10(14(15)16)17-7-4-5-9(11)13-6-7/h4-6,12H,3H2,1-2H3. The van der Waals surface area contributed by atoms with Crippen molar-refractivity contribution in [2.45, 2.75) is 13.3 Å². The quantitative estimate of drug-likeness (QED) is 0.379. The molecule has 0 spiro atoms. The molecule has 0 fully saturated rings. The zero-order valence-corrected chi connectivity index (χ0v) is 10.2. The third-order valence-electron chi connectivity index (χ3n) is 1.99. The molecule has 0 saturated carbocycles. The first-order valence-electron chi connectivity index (χ1n) is 4.93. The Morgan fingerprint density at radius 1 is 1.65 bits per heavy atom. The van der Waals surface area contributed by atoms with E-state index in [-0.39, 0.29) is 11.6 Å². The van der Waals surface area contributed by atoms with Crippen LogP contribution in [0, 0.1) is 10.1 Å². The molecule has 1 rings (SSSR count). The maximum Gasteiger partial charge on any atom is 0.452 e. The third-order valence-corrected chi connectivity index (χ3v) is 2.22. The number of halogens is 1. The zero-order chi connectivity index (χ0) is 12.8. The molecular formula is C10H12ClN3O3. The monoisotopic (exact) mass is 257 g/mol. The molecule has 0 atom stereocenters. The van der Waals surface area contributed by atoms with Gasteiger partial charge in [0.1, 0.15) is 15.8 Å². The number of pyridine rings is 1. The lowest BCUT2D eigenvalue weighted by atomic mass is 10.3. The summed E-state index contributed by atoms with van der Waals surface area (Å²) in [4.78, 5) is 14.1. The second-order valence-electron chi connectivity index (χ2n) is 3.06. The second-order valence-corrected chi connectivity index (χ2v) is 3.45. The molecule has 17 heavy (non-hydrogen) atoms. The summed E-state index contributed by atoms with van der Waals surface area (Å²) in [6.45, 7) is 1.79. The van der Waals surface area contributed by atoms with Crippen LogP contribution in [-0.4, -0.2) is 17.0 Å². The van der Waals surface area contributed by atoms with Crippen LogP contribution >= 0.6 is 11.6 Å². The first-order chi connectivity index (χ1) is 8.08. The Kier molecular flexibility index (Phi) is 4.71. The van der Waals surface area contributed by atoms with E-state index in [1.54, 1.807) is 14.0 Å². The first kappa shape index (κ1) is 13.2. The van der Waals surface area contributed by atoms with Crippen molar-refractivity contribution in [1.82, 2.24) is 10.3 Å². The predicted molar refractivity (Wildman–Crippen MR) is 63.2 cm³/mol. The van der Waals surface area contributed by atoms with Crippen molar-refractivity contribution in [1.29, 1.82) is 0 Å². The van der Waals surface area contributed by atoms with E-state index in [1.165, 1.54) is 18.3 Å². The van der Waals surface area contributed by atoms with Crippen LogP contribution in [0.1, 0.15) is 13.3 Å². The van der Waals surface area contributed by atoms with Gasteiger partial charge in [-0.05, 0) is 18.6 Å². The Balaban J connectivity index is 2.99. The number of ether oxygens (including phenoxy) is 1. The van der Waals surface area contributed by atoms with Gasteiger partial charge in [-0.1, -0.05) is 18.5 Å². The van der Waals surface area contributed by atoms with E-state index in [1.807, 2.05) is 0 Å². The van der Waals surface area contributed by atoms with Gasteiger partial charge in [0.25, 0.3) is 0 Å². The van der Waals surface area contributed by atoms with Crippen LogP contribution < -0.4 is 10.1 Å². The summed E-state index contributed by atoms with van der Waals surface area (Å²) in [5.74, 6) is -0.0681. The summed E-state index contributed by atoms with van der Waals surface area (Å²) in [5, 5.41) is 13.9. The van der Waals surface area contributed by atoms with Gasteiger partial charge in [-0.3, -0.25) is 10.1 Å². The summed E-state index contributed by atoms with van der Waals surface area (Å²) in [6, 6.07) is 3.02. The maximum absolute atomic E-state index is 10.9. The summed E-state index contributed by atoms with van der Waals surface area (Å²) in [7, 11) is 1.60. The number of nitrogens with one attached hydrogen (secondary N) is 1. The fraction of sp³-hybridized carbons (Fsp3) is 0.300. The van der Waals surface area contributed by atoms with Gasteiger partial charge in [-0.15, -0.1) is 0 Å². The van der Waals surface area contributed by atoms with Crippen molar-refractivity contribution in [2.75, 3.05) is 7.05 Å². The van der Waals surface area contributed by atoms with Crippen LogP contribution in [0.4, 0.5) is 0 Å². The van der Waals surface area contributed by atoms with Crippen molar-refractivity contribution in [2.24, 2.45) is 0 Å². The number of allylic oxidation sites excluding steroid dienone is 1. The van der Waals surface area contributed by atoms with Gasteiger partial charge < -0.3 is 10.1 Å². The van der Waals surface area contributed by atoms with Crippen LogP contribution in [0.5, 0.6) is 5.75 Å². The summed E-state index contributed by atoms with van der Waals surface area (Å²) in [6.07, 6.45) is 1.79. The van der Waals surface area contributed by atoms with Crippen LogP contribution in [-0.2, 0) is 0 Å². The molecule has 6 nitrogen and oxygen atoms in total. The van der Waals surface area contributed by atoms with Gasteiger partial charge in [0.15, 0.2) is 5.75 Å². The van der Waals surface area contributed by atoms with E-state index in [4.69, 9.17) is 16.3 Å². The third kappa shape index (κ3) is 3.60. The van der Waals surface area contributed by atoms with Gasteiger partial charge in [-0.2, -0.15) is 0 Å². The number of rotatable bonds is 5. The first-order valence-corrected chi connectivity index (χ1v) is 5.31. The fourth-order valence-corrected chi connectivity index (χ4v) is 1.29. The van der Waals surface area contributed by atoms with E-state index in [9.17, 15) is 10.1 Å². The molecule has 0 aromatic carbocycles. The average molecular weight is 258 g/mol. The molecule has 1 heterocycles. The minimum absolute atomic E-state index is 0.266. The molecule has 0 aliphatic rings. The maximum atomic E-state index is 10.9. The molecule has 1 aromatic rings. The molecule has 0 unspecified atom stereocenters. The highest BCUT2D eigenvalue weighted by Gasteiger charge is 2.19. The van der Waals surface area contributed by atoms with Crippen molar-refractivity contribution in [3.05, 3.63) is 45.2 Å². The average Bonchev–Trinajstić information content (AvgIpc) is 2.31. The number of nitrogens with zero attached hydrogens (tertiary/aromatic N) is 2. The number of aromatic nitrogens is 1. The second kappa shape index (κ2) is 6.05. The number of hydrogen-bond acceptors (Lipinski definition) is 5. The van der Waals surface area contributed by atoms with Crippen molar-refractivity contribution in [3.8, 4) is 5.75 Å². The normalized spacial score (nSPS) is 11.7.